The Morgan fingerprint density at radius 1 is 1.17 bits per heavy atom. The lowest BCUT2D eigenvalue weighted by Gasteiger charge is -2.34. The van der Waals surface area contributed by atoms with Gasteiger partial charge in [-0.25, -0.2) is 4.79 Å². The largest absolute Gasteiger partial charge is 0.493 e. The quantitative estimate of drug-likeness (QED) is 0.278. The number of benzene rings is 2. The number of hydrogen-bond acceptors (Lipinski definition) is 6. The molecular formula is C26H31Cl2N5O3. The molecule has 10 heteroatoms. The van der Waals surface area contributed by atoms with Gasteiger partial charge in [0, 0.05) is 36.9 Å². The van der Waals surface area contributed by atoms with E-state index < -0.39 is 12.1 Å². The lowest BCUT2D eigenvalue weighted by Crippen LogP contribution is -2.42. The summed E-state index contributed by atoms with van der Waals surface area (Å²) < 4.78 is 6.17. The topological polar surface area (TPSA) is 111 Å². The zero-order chi connectivity index (χ0) is 23.5. The van der Waals surface area contributed by atoms with Crippen LogP contribution in [0.2, 0.25) is 0 Å². The summed E-state index contributed by atoms with van der Waals surface area (Å²) in [5.74, 6) is 1.17. The number of carbonyl (C=O) groups is 1. The molecule has 1 amide bonds. The number of fused-ring (bicyclic) bond motifs is 2. The van der Waals surface area contributed by atoms with E-state index in [2.05, 4.69) is 44.8 Å². The molecule has 4 N–H and O–H groups in total. The third-order valence-electron chi connectivity index (χ3n) is 6.77. The van der Waals surface area contributed by atoms with E-state index in [1.54, 1.807) is 0 Å². The second-order valence-corrected chi connectivity index (χ2v) is 8.93. The number of amides is 1. The molecule has 1 unspecified atom stereocenters. The molecule has 3 heterocycles. The van der Waals surface area contributed by atoms with Crippen LogP contribution in [0.25, 0.3) is 10.9 Å². The zero-order valence-electron chi connectivity index (χ0n) is 19.8. The van der Waals surface area contributed by atoms with Gasteiger partial charge in [0.05, 0.1) is 18.2 Å². The van der Waals surface area contributed by atoms with Crippen LogP contribution in [0, 0.1) is 11.3 Å². The first kappa shape index (κ1) is 27.5. The summed E-state index contributed by atoms with van der Waals surface area (Å²) in [6.45, 7) is 3.31. The van der Waals surface area contributed by atoms with Crippen LogP contribution < -0.4 is 20.3 Å². The number of rotatable bonds is 5. The predicted molar refractivity (Wildman–Crippen MR) is 146 cm³/mol. The second kappa shape index (κ2) is 12.3. The van der Waals surface area contributed by atoms with Gasteiger partial charge in [-0.2, -0.15) is 0 Å². The number of pyridine rings is 1. The van der Waals surface area contributed by atoms with Gasteiger partial charge in [0.15, 0.2) is 0 Å². The summed E-state index contributed by atoms with van der Waals surface area (Å²) in [6, 6.07) is 15.9. The standard InChI is InChI=1S/C26H29N5O3.2ClH/c27-25(30-26(32)33)24-21-15-19(6-5-18(21)7-11-29-24)34-16-17-9-13-31(14-10-17)23-8-12-28-22-4-2-1-3-20(22)23;;/h1-6,8,12,15,17,24,29H,7,9-11,13-14,16H2,(H2,27,30)(H,32,33);2*1H. The molecule has 1 aromatic heterocycles. The van der Waals surface area contributed by atoms with Crippen LogP contribution in [0.15, 0.2) is 54.7 Å². The highest BCUT2D eigenvalue weighted by Crippen LogP contribution is 2.31. The van der Waals surface area contributed by atoms with Gasteiger partial charge in [-0.1, -0.05) is 24.3 Å². The van der Waals surface area contributed by atoms with E-state index in [0.717, 1.165) is 54.7 Å². The van der Waals surface area contributed by atoms with Crippen LogP contribution in [0.5, 0.6) is 5.75 Å². The van der Waals surface area contributed by atoms with Crippen molar-refractivity contribution in [3.63, 3.8) is 0 Å². The molecule has 2 aliphatic rings. The van der Waals surface area contributed by atoms with E-state index in [0.29, 0.717) is 19.1 Å². The number of carboxylic acid groups (broad SMARTS) is 1. The number of amidine groups is 1. The molecule has 3 aromatic rings. The van der Waals surface area contributed by atoms with E-state index >= 15 is 0 Å². The monoisotopic (exact) mass is 531 g/mol. The fourth-order valence-electron chi connectivity index (χ4n) is 4.98. The summed E-state index contributed by atoms with van der Waals surface area (Å²) in [5, 5.41) is 23.7. The van der Waals surface area contributed by atoms with Crippen molar-refractivity contribution < 1.29 is 14.6 Å². The van der Waals surface area contributed by atoms with Crippen molar-refractivity contribution in [1.82, 2.24) is 15.6 Å². The number of para-hydroxylation sites is 1. The Labute approximate surface area is 222 Å². The molecule has 36 heavy (non-hydrogen) atoms. The molecular weight excluding hydrogens is 501 g/mol. The number of ether oxygens (including phenoxy) is 1. The average molecular weight is 532 g/mol. The molecule has 0 aliphatic carbocycles. The third-order valence-corrected chi connectivity index (χ3v) is 6.77. The number of hydrogen-bond donors (Lipinski definition) is 4. The number of nitrogens with zero attached hydrogens (tertiary/aromatic N) is 2. The van der Waals surface area contributed by atoms with Crippen LogP contribution in [0.4, 0.5) is 10.5 Å². The molecule has 192 valence electrons. The SMILES string of the molecule is Cl.Cl.N=C(NC(=O)O)C1NCCc2ccc(OCC3CCN(c4ccnc5ccccc45)CC3)cc21. The summed E-state index contributed by atoms with van der Waals surface area (Å²) in [7, 11) is 0. The van der Waals surface area contributed by atoms with Crippen LogP contribution in [0.1, 0.15) is 30.0 Å². The molecule has 0 saturated carbocycles. The number of nitrogens with one attached hydrogen (secondary N) is 3. The van der Waals surface area contributed by atoms with Gasteiger partial charge in [0.25, 0.3) is 0 Å². The van der Waals surface area contributed by atoms with Gasteiger partial charge in [-0.05, 0) is 60.6 Å². The van der Waals surface area contributed by atoms with E-state index in [4.69, 9.17) is 15.3 Å². The summed E-state index contributed by atoms with van der Waals surface area (Å²) >= 11 is 0. The predicted octanol–water partition coefficient (Wildman–Crippen LogP) is 4.81. The van der Waals surface area contributed by atoms with E-state index in [9.17, 15) is 4.79 Å². The molecule has 1 saturated heterocycles. The van der Waals surface area contributed by atoms with Crippen molar-refractivity contribution in [2.45, 2.75) is 25.3 Å². The minimum absolute atomic E-state index is 0. The first-order valence-electron chi connectivity index (χ1n) is 11.7. The number of anilines is 1. The van der Waals surface area contributed by atoms with Gasteiger partial charge < -0.3 is 20.1 Å². The highest BCUT2D eigenvalue weighted by atomic mass is 35.5. The van der Waals surface area contributed by atoms with Gasteiger partial charge >= 0.3 is 6.09 Å². The van der Waals surface area contributed by atoms with Gasteiger partial charge in [0.1, 0.15) is 11.6 Å². The van der Waals surface area contributed by atoms with E-state index in [1.807, 2.05) is 30.5 Å². The maximum Gasteiger partial charge on any atom is 0.410 e. The minimum atomic E-state index is -1.22. The number of halogens is 2. The van der Waals surface area contributed by atoms with E-state index in [1.165, 1.54) is 11.1 Å². The van der Waals surface area contributed by atoms with Crippen LogP contribution >= 0.6 is 24.8 Å². The molecule has 5 rings (SSSR count). The van der Waals surface area contributed by atoms with Crippen LogP contribution in [-0.4, -0.2) is 48.3 Å². The lowest BCUT2D eigenvalue weighted by molar-refractivity contribution is 0.199. The smallest absolute Gasteiger partial charge is 0.410 e. The molecule has 0 radical (unpaired) electrons. The molecule has 1 atom stereocenters. The Balaban J connectivity index is 0.00000180. The Bertz CT molecular complexity index is 1210. The summed E-state index contributed by atoms with van der Waals surface area (Å²) in [6.07, 6.45) is 3.61. The Morgan fingerprint density at radius 2 is 1.94 bits per heavy atom. The van der Waals surface area contributed by atoms with Crippen molar-refractivity contribution >= 4 is 53.3 Å². The maximum absolute atomic E-state index is 11.0. The minimum Gasteiger partial charge on any atom is -0.493 e. The normalized spacial score (nSPS) is 17.3. The number of piperidine rings is 1. The fourth-order valence-corrected chi connectivity index (χ4v) is 4.98. The highest BCUT2D eigenvalue weighted by Gasteiger charge is 2.26. The second-order valence-electron chi connectivity index (χ2n) is 8.93. The van der Waals surface area contributed by atoms with Crippen LogP contribution in [0.3, 0.4) is 0 Å². The van der Waals surface area contributed by atoms with Crippen molar-refractivity contribution in [3.8, 4) is 5.75 Å². The number of aromatic nitrogens is 1. The van der Waals surface area contributed by atoms with Gasteiger partial charge in [-0.15, -0.1) is 24.8 Å². The third kappa shape index (κ3) is 6.00. The Kier molecular flexibility index (Phi) is 9.37. The summed E-state index contributed by atoms with van der Waals surface area (Å²) in [5.41, 5.74) is 4.29. The van der Waals surface area contributed by atoms with Gasteiger partial charge in [-0.3, -0.25) is 15.7 Å². The molecule has 1 fully saturated rings. The molecule has 0 spiro atoms. The van der Waals surface area contributed by atoms with Crippen molar-refractivity contribution in [1.29, 1.82) is 5.41 Å². The highest BCUT2D eigenvalue weighted by molar-refractivity contribution is 5.97. The van der Waals surface area contributed by atoms with Crippen molar-refractivity contribution in [2.75, 3.05) is 31.1 Å². The van der Waals surface area contributed by atoms with Gasteiger partial charge in [0.2, 0.25) is 0 Å². The van der Waals surface area contributed by atoms with E-state index in [-0.39, 0.29) is 30.6 Å². The zero-order valence-corrected chi connectivity index (χ0v) is 21.4. The van der Waals surface area contributed by atoms with Crippen molar-refractivity contribution in [2.24, 2.45) is 5.92 Å². The fraction of sp³-hybridized carbons (Fsp3) is 0.346. The molecule has 2 aliphatic heterocycles. The molecule has 8 nitrogen and oxygen atoms in total. The molecule has 0 bridgehead atoms. The first-order valence-corrected chi connectivity index (χ1v) is 11.7. The Hall–Kier alpha value is -3.07. The lowest BCUT2D eigenvalue weighted by atomic mass is 9.93. The van der Waals surface area contributed by atoms with Crippen LogP contribution in [-0.2, 0) is 6.42 Å². The molecule has 2 aromatic carbocycles. The average Bonchev–Trinajstić information content (AvgIpc) is 2.86. The summed E-state index contributed by atoms with van der Waals surface area (Å²) in [4.78, 5) is 17.9. The van der Waals surface area contributed by atoms with Crippen molar-refractivity contribution in [3.05, 3.63) is 65.9 Å². The maximum atomic E-state index is 11.0. The Morgan fingerprint density at radius 3 is 2.72 bits per heavy atom. The first-order chi connectivity index (χ1) is 16.6.